The molecule has 1 N–H and O–H groups in total. The molecule has 73 valence electrons. The van der Waals surface area contributed by atoms with Crippen LogP contribution in [0.4, 0.5) is 5.69 Å². The maximum Gasteiger partial charge on any atom is 0.0878 e. The van der Waals surface area contributed by atoms with Crippen molar-refractivity contribution in [2.75, 3.05) is 18.0 Å². The molecule has 0 aliphatic heterocycles. The fourth-order valence-electron chi connectivity index (χ4n) is 1.43. The Hall–Kier alpha value is -0.920. The quantitative estimate of drug-likeness (QED) is 0.711. The lowest BCUT2D eigenvalue weighted by Gasteiger charge is -2.22. The molecule has 0 saturated heterocycles. The molecule has 0 spiro atoms. The Kier molecular flexibility index (Phi) is 4.44. The smallest absolute Gasteiger partial charge is 0.0878 e. The van der Waals surface area contributed by atoms with Crippen molar-refractivity contribution in [2.24, 2.45) is 0 Å². The molecule has 1 aromatic rings. The highest BCUT2D eigenvalue weighted by molar-refractivity contribution is 5.42. The zero-order valence-electron chi connectivity index (χ0n) is 8.64. The number of nitrogens with zero attached hydrogens (tertiary/aromatic N) is 1. The summed E-state index contributed by atoms with van der Waals surface area (Å²) in [4.78, 5) is 5.37. The largest absolute Gasteiger partial charge is 0.370 e. The molecule has 0 atom stereocenters. The highest BCUT2D eigenvalue weighted by Gasteiger charge is 2.04. The van der Waals surface area contributed by atoms with Crippen molar-refractivity contribution in [3.8, 4) is 0 Å². The standard InChI is InChI=1S/C11H19N2/c1-3-5-9-13(8-4-2)11-6-7-12-10-11/h6-7,12H,3-5,8-9H2,1-2H3. The van der Waals surface area contributed by atoms with Gasteiger partial charge in [0.05, 0.1) is 11.9 Å². The van der Waals surface area contributed by atoms with E-state index in [2.05, 4.69) is 36.0 Å². The maximum absolute atomic E-state index is 3.13. The van der Waals surface area contributed by atoms with Crippen LogP contribution >= 0.6 is 0 Å². The molecule has 0 bridgehead atoms. The highest BCUT2D eigenvalue weighted by atomic mass is 15.1. The third-order valence-corrected chi connectivity index (χ3v) is 2.14. The van der Waals surface area contributed by atoms with E-state index in [4.69, 9.17) is 0 Å². The molecule has 1 aromatic heterocycles. The normalized spacial score (nSPS) is 10.3. The highest BCUT2D eigenvalue weighted by Crippen LogP contribution is 2.12. The van der Waals surface area contributed by atoms with Gasteiger partial charge in [-0.1, -0.05) is 20.3 Å². The Balaban J connectivity index is 2.47. The van der Waals surface area contributed by atoms with Gasteiger partial charge in [0.15, 0.2) is 0 Å². The number of hydrogen-bond donors (Lipinski definition) is 1. The van der Waals surface area contributed by atoms with Gasteiger partial charge in [-0.2, -0.15) is 0 Å². The summed E-state index contributed by atoms with van der Waals surface area (Å²) in [5, 5.41) is 0. The fourth-order valence-corrected chi connectivity index (χ4v) is 1.43. The van der Waals surface area contributed by atoms with Crippen molar-refractivity contribution in [2.45, 2.75) is 33.1 Å². The predicted octanol–water partition coefficient (Wildman–Crippen LogP) is 2.83. The molecule has 1 radical (unpaired) electrons. The molecule has 2 nitrogen and oxygen atoms in total. The molecule has 13 heavy (non-hydrogen) atoms. The van der Waals surface area contributed by atoms with Crippen molar-refractivity contribution in [1.29, 1.82) is 0 Å². The van der Waals surface area contributed by atoms with Crippen molar-refractivity contribution < 1.29 is 0 Å². The second kappa shape index (κ2) is 5.68. The molecule has 0 unspecified atom stereocenters. The third-order valence-electron chi connectivity index (χ3n) is 2.14. The van der Waals surface area contributed by atoms with E-state index in [0.29, 0.717) is 0 Å². The summed E-state index contributed by atoms with van der Waals surface area (Å²) in [6.45, 7) is 6.73. The molecule has 1 rings (SSSR count). The van der Waals surface area contributed by atoms with E-state index in [1.54, 1.807) is 0 Å². The first-order valence-corrected chi connectivity index (χ1v) is 5.18. The van der Waals surface area contributed by atoms with E-state index in [1.807, 2.05) is 6.20 Å². The Labute approximate surface area is 81.0 Å². The van der Waals surface area contributed by atoms with Gasteiger partial charge in [0.25, 0.3) is 0 Å². The lowest BCUT2D eigenvalue weighted by atomic mass is 10.3. The lowest BCUT2D eigenvalue weighted by molar-refractivity contribution is 0.704. The summed E-state index contributed by atoms with van der Waals surface area (Å²) < 4.78 is 0. The Morgan fingerprint density at radius 1 is 1.31 bits per heavy atom. The number of anilines is 1. The average molecular weight is 179 g/mol. The van der Waals surface area contributed by atoms with E-state index in [0.717, 1.165) is 13.1 Å². The second-order valence-electron chi connectivity index (χ2n) is 3.33. The van der Waals surface area contributed by atoms with Gasteiger partial charge in [-0.25, -0.2) is 0 Å². The zero-order chi connectivity index (χ0) is 9.52. The van der Waals surface area contributed by atoms with E-state index in [-0.39, 0.29) is 0 Å². The number of aromatic amines is 1. The van der Waals surface area contributed by atoms with Crippen molar-refractivity contribution >= 4 is 5.69 Å². The van der Waals surface area contributed by atoms with E-state index >= 15 is 0 Å². The van der Waals surface area contributed by atoms with Crippen LogP contribution in [0.5, 0.6) is 0 Å². The number of nitrogens with one attached hydrogen (secondary N) is 1. The van der Waals surface area contributed by atoms with E-state index in [1.165, 1.54) is 24.9 Å². The first-order chi connectivity index (χ1) is 6.38. The molecule has 0 saturated carbocycles. The first kappa shape index (κ1) is 10.2. The van der Waals surface area contributed by atoms with Crippen molar-refractivity contribution in [1.82, 2.24) is 4.98 Å². The van der Waals surface area contributed by atoms with Gasteiger partial charge in [0.2, 0.25) is 0 Å². The number of rotatable bonds is 6. The topological polar surface area (TPSA) is 19.0 Å². The van der Waals surface area contributed by atoms with E-state index in [9.17, 15) is 0 Å². The summed E-state index contributed by atoms with van der Waals surface area (Å²) in [7, 11) is 0. The van der Waals surface area contributed by atoms with Gasteiger partial charge in [-0.05, 0) is 18.9 Å². The van der Waals surface area contributed by atoms with Crippen LogP contribution in [0.25, 0.3) is 0 Å². The molecule has 0 aliphatic carbocycles. The lowest BCUT2D eigenvalue weighted by Crippen LogP contribution is -2.24. The van der Waals surface area contributed by atoms with Crippen LogP contribution in [0.2, 0.25) is 0 Å². The number of aromatic nitrogens is 1. The van der Waals surface area contributed by atoms with Gasteiger partial charge >= 0.3 is 0 Å². The minimum atomic E-state index is 1.13. The SMILES string of the molecule is CCCCN(CCC)c1[c][nH]cc1. The monoisotopic (exact) mass is 179 g/mol. The van der Waals surface area contributed by atoms with Gasteiger partial charge in [0.1, 0.15) is 0 Å². The first-order valence-electron chi connectivity index (χ1n) is 5.18. The molecule has 0 aliphatic rings. The maximum atomic E-state index is 3.13. The molecular weight excluding hydrogens is 160 g/mol. The molecule has 2 heteroatoms. The van der Waals surface area contributed by atoms with Gasteiger partial charge in [0, 0.05) is 19.3 Å². The van der Waals surface area contributed by atoms with Crippen LogP contribution in [0.1, 0.15) is 33.1 Å². The van der Waals surface area contributed by atoms with Crippen LogP contribution in [-0.4, -0.2) is 18.1 Å². The number of hydrogen-bond acceptors (Lipinski definition) is 1. The Morgan fingerprint density at radius 2 is 2.15 bits per heavy atom. The number of H-pyrrole nitrogens is 1. The van der Waals surface area contributed by atoms with Gasteiger partial charge < -0.3 is 9.88 Å². The van der Waals surface area contributed by atoms with Crippen LogP contribution in [-0.2, 0) is 0 Å². The summed E-state index contributed by atoms with van der Waals surface area (Å²) in [6, 6.07) is 2.09. The minimum Gasteiger partial charge on any atom is -0.370 e. The summed E-state index contributed by atoms with van der Waals surface area (Å²) in [5.74, 6) is 0. The van der Waals surface area contributed by atoms with Crippen LogP contribution in [0, 0.1) is 6.20 Å². The number of unbranched alkanes of at least 4 members (excludes halogenated alkanes) is 1. The minimum absolute atomic E-state index is 1.13. The zero-order valence-corrected chi connectivity index (χ0v) is 8.64. The molecule has 0 fully saturated rings. The van der Waals surface area contributed by atoms with E-state index < -0.39 is 0 Å². The predicted molar refractivity (Wildman–Crippen MR) is 57.0 cm³/mol. The van der Waals surface area contributed by atoms with Gasteiger partial charge in [-0.3, -0.25) is 0 Å². The molecule has 1 heterocycles. The van der Waals surface area contributed by atoms with Crippen LogP contribution in [0.15, 0.2) is 12.3 Å². The van der Waals surface area contributed by atoms with Crippen molar-refractivity contribution in [3.05, 3.63) is 18.5 Å². The molecule has 0 amide bonds. The summed E-state index contributed by atoms with van der Waals surface area (Å²) in [6.07, 6.45) is 8.78. The molecule has 0 aromatic carbocycles. The summed E-state index contributed by atoms with van der Waals surface area (Å²) in [5.41, 5.74) is 1.20. The van der Waals surface area contributed by atoms with Crippen LogP contribution in [0.3, 0.4) is 0 Å². The van der Waals surface area contributed by atoms with Gasteiger partial charge in [-0.15, -0.1) is 0 Å². The Morgan fingerprint density at radius 3 is 2.69 bits per heavy atom. The van der Waals surface area contributed by atoms with Crippen LogP contribution < -0.4 is 4.90 Å². The third kappa shape index (κ3) is 3.13. The second-order valence-corrected chi connectivity index (χ2v) is 3.33. The average Bonchev–Trinajstić information content (AvgIpc) is 2.65. The Bertz CT molecular complexity index is 204. The fraction of sp³-hybridized carbons (Fsp3) is 0.636. The summed E-state index contributed by atoms with van der Waals surface area (Å²) >= 11 is 0. The molecular formula is C11H19N2. The van der Waals surface area contributed by atoms with Crippen molar-refractivity contribution in [3.63, 3.8) is 0 Å².